The van der Waals surface area contributed by atoms with Crippen LogP contribution in [-0.2, 0) is 11.3 Å². The second-order valence-electron chi connectivity index (χ2n) is 5.20. The lowest BCUT2D eigenvalue weighted by molar-refractivity contribution is -0.129. The lowest BCUT2D eigenvalue weighted by atomic mass is 10.2. The maximum absolute atomic E-state index is 13.7. The summed E-state index contributed by atoms with van der Waals surface area (Å²) in [6.45, 7) is 0.615. The SMILES string of the molecule is CN(CC(=O)N(C)C)Cc1ccc2ccc(F)c(F)c2n1. The zero-order chi connectivity index (χ0) is 15.6. The Morgan fingerprint density at radius 2 is 1.81 bits per heavy atom. The zero-order valence-corrected chi connectivity index (χ0v) is 12.2. The Hall–Kier alpha value is -2.08. The van der Waals surface area contributed by atoms with E-state index >= 15 is 0 Å². The van der Waals surface area contributed by atoms with Gasteiger partial charge in [-0.15, -0.1) is 0 Å². The third-order valence-electron chi connectivity index (χ3n) is 3.15. The Labute approximate surface area is 122 Å². The van der Waals surface area contributed by atoms with Crippen LogP contribution in [0.15, 0.2) is 24.3 Å². The summed E-state index contributed by atoms with van der Waals surface area (Å²) in [5.74, 6) is -1.89. The lowest BCUT2D eigenvalue weighted by Crippen LogP contribution is -2.34. The smallest absolute Gasteiger partial charge is 0.236 e. The molecule has 2 aromatic rings. The van der Waals surface area contributed by atoms with Gasteiger partial charge in [-0.05, 0) is 25.2 Å². The van der Waals surface area contributed by atoms with Crippen LogP contribution in [0.25, 0.3) is 10.9 Å². The Kier molecular flexibility index (Phi) is 4.47. The number of benzene rings is 1. The number of rotatable bonds is 4. The summed E-state index contributed by atoms with van der Waals surface area (Å²) in [5, 5.41) is 0.546. The van der Waals surface area contributed by atoms with E-state index in [0.717, 1.165) is 6.07 Å². The third-order valence-corrected chi connectivity index (χ3v) is 3.15. The minimum Gasteiger partial charge on any atom is -0.348 e. The van der Waals surface area contributed by atoms with E-state index in [1.807, 2.05) is 0 Å². The van der Waals surface area contributed by atoms with Gasteiger partial charge >= 0.3 is 0 Å². The van der Waals surface area contributed by atoms with Crippen LogP contribution in [0.2, 0.25) is 0 Å². The van der Waals surface area contributed by atoms with Crippen molar-refractivity contribution in [1.29, 1.82) is 0 Å². The summed E-state index contributed by atoms with van der Waals surface area (Å²) in [6.07, 6.45) is 0. The summed E-state index contributed by atoms with van der Waals surface area (Å²) < 4.78 is 26.9. The number of likely N-dealkylation sites (N-methyl/N-ethyl adjacent to an activating group) is 2. The van der Waals surface area contributed by atoms with E-state index < -0.39 is 11.6 Å². The maximum atomic E-state index is 13.7. The van der Waals surface area contributed by atoms with E-state index in [-0.39, 0.29) is 18.0 Å². The molecule has 0 N–H and O–H groups in total. The van der Waals surface area contributed by atoms with E-state index in [9.17, 15) is 13.6 Å². The van der Waals surface area contributed by atoms with Crippen molar-refractivity contribution < 1.29 is 13.6 Å². The van der Waals surface area contributed by atoms with Crippen molar-refractivity contribution in [2.24, 2.45) is 0 Å². The van der Waals surface area contributed by atoms with Gasteiger partial charge in [-0.2, -0.15) is 0 Å². The van der Waals surface area contributed by atoms with E-state index in [0.29, 0.717) is 17.6 Å². The van der Waals surface area contributed by atoms with Crippen LogP contribution in [-0.4, -0.2) is 48.4 Å². The van der Waals surface area contributed by atoms with Crippen molar-refractivity contribution in [1.82, 2.24) is 14.8 Å². The van der Waals surface area contributed by atoms with Gasteiger partial charge in [0.25, 0.3) is 0 Å². The first-order valence-corrected chi connectivity index (χ1v) is 6.51. The molecular formula is C15H17F2N3O. The number of aromatic nitrogens is 1. The molecule has 0 saturated carbocycles. The number of fused-ring (bicyclic) bond motifs is 1. The van der Waals surface area contributed by atoms with E-state index in [2.05, 4.69) is 4.98 Å². The quantitative estimate of drug-likeness (QED) is 0.865. The fourth-order valence-electron chi connectivity index (χ4n) is 1.96. The van der Waals surface area contributed by atoms with Crippen molar-refractivity contribution in [2.75, 3.05) is 27.7 Å². The van der Waals surface area contributed by atoms with Gasteiger partial charge in [0.05, 0.1) is 12.2 Å². The first-order chi connectivity index (χ1) is 9.88. The number of hydrogen-bond acceptors (Lipinski definition) is 3. The molecule has 112 valence electrons. The normalized spacial score (nSPS) is 11.1. The van der Waals surface area contributed by atoms with Crippen molar-refractivity contribution in [3.8, 4) is 0 Å². The van der Waals surface area contributed by atoms with Gasteiger partial charge in [-0.1, -0.05) is 6.07 Å². The van der Waals surface area contributed by atoms with Crippen molar-refractivity contribution >= 4 is 16.8 Å². The molecule has 0 aliphatic heterocycles. The van der Waals surface area contributed by atoms with Crippen molar-refractivity contribution in [2.45, 2.75) is 6.54 Å². The number of amides is 1. The van der Waals surface area contributed by atoms with Gasteiger partial charge in [0, 0.05) is 26.0 Å². The average Bonchev–Trinajstić information content (AvgIpc) is 2.43. The molecule has 1 heterocycles. The summed E-state index contributed by atoms with van der Waals surface area (Å²) >= 11 is 0. The van der Waals surface area contributed by atoms with Gasteiger partial charge in [-0.25, -0.2) is 13.8 Å². The van der Waals surface area contributed by atoms with Crippen LogP contribution in [0.4, 0.5) is 8.78 Å². The van der Waals surface area contributed by atoms with Crippen LogP contribution in [0.3, 0.4) is 0 Å². The molecule has 0 unspecified atom stereocenters. The molecule has 6 heteroatoms. The molecule has 0 spiro atoms. The summed E-state index contributed by atoms with van der Waals surface area (Å²) in [7, 11) is 5.14. The molecule has 0 radical (unpaired) electrons. The molecule has 21 heavy (non-hydrogen) atoms. The predicted octanol–water partition coefficient (Wildman–Crippen LogP) is 2.03. The van der Waals surface area contributed by atoms with Gasteiger partial charge in [0.15, 0.2) is 11.6 Å². The highest BCUT2D eigenvalue weighted by Gasteiger charge is 2.12. The summed E-state index contributed by atoms with van der Waals surface area (Å²) in [4.78, 5) is 19.0. The number of carbonyl (C=O) groups is 1. The largest absolute Gasteiger partial charge is 0.348 e. The fraction of sp³-hybridized carbons (Fsp3) is 0.333. The molecule has 0 saturated heterocycles. The lowest BCUT2D eigenvalue weighted by Gasteiger charge is -2.18. The molecule has 1 aromatic heterocycles. The molecule has 0 atom stereocenters. The number of halogens is 2. The monoisotopic (exact) mass is 293 g/mol. The molecule has 1 amide bonds. The molecule has 0 aliphatic carbocycles. The van der Waals surface area contributed by atoms with E-state index in [4.69, 9.17) is 0 Å². The molecular weight excluding hydrogens is 276 g/mol. The van der Waals surface area contributed by atoms with Crippen LogP contribution in [0, 0.1) is 11.6 Å². The topological polar surface area (TPSA) is 36.4 Å². The van der Waals surface area contributed by atoms with E-state index in [1.54, 1.807) is 38.2 Å². The maximum Gasteiger partial charge on any atom is 0.236 e. The Morgan fingerprint density at radius 3 is 2.48 bits per heavy atom. The summed E-state index contributed by atoms with van der Waals surface area (Å²) in [5.41, 5.74) is 0.598. The van der Waals surface area contributed by atoms with Crippen molar-refractivity contribution in [3.05, 3.63) is 41.6 Å². The van der Waals surface area contributed by atoms with Gasteiger partial charge in [0.1, 0.15) is 5.52 Å². The van der Waals surface area contributed by atoms with Crippen LogP contribution >= 0.6 is 0 Å². The molecule has 0 aliphatic rings. The first-order valence-electron chi connectivity index (χ1n) is 6.51. The highest BCUT2D eigenvalue weighted by atomic mass is 19.2. The second-order valence-corrected chi connectivity index (χ2v) is 5.20. The Morgan fingerprint density at radius 1 is 1.14 bits per heavy atom. The molecule has 4 nitrogen and oxygen atoms in total. The number of nitrogens with zero attached hydrogens (tertiary/aromatic N) is 3. The second kappa shape index (κ2) is 6.13. The minimum absolute atomic E-state index is 0.0137. The standard InChI is InChI=1S/C15H17F2N3O/c1-19(2)13(21)9-20(3)8-11-6-4-10-5-7-12(16)14(17)15(10)18-11/h4-7H,8-9H2,1-3H3. The summed E-state index contributed by atoms with van der Waals surface area (Å²) in [6, 6.07) is 6.02. The van der Waals surface area contributed by atoms with Gasteiger partial charge < -0.3 is 4.90 Å². The average molecular weight is 293 g/mol. The van der Waals surface area contributed by atoms with Gasteiger partial charge in [0.2, 0.25) is 5.91 Å². The Balaban J connectivity index is 2.19. The minimum atomic E-state index is -0.943. The number of hydrogen-bond donors (Lipinski definition) is 0. The van der Waals surface area contributed by atoms with Crippen molar-refractivity contribution in [3.63, 3.8) is 0 Å². The van der Waals surface area contributed by atoms with Crippen LogP contribution in [0.5, 0.6) is 0 Å². The highest BCUT2D eigenvalue weighted by Crippen LogP contribution is 2.19. The molecule has 2 rings (SSSR count). The van der Waals surface area contributed by atoms with Crippen LogP contribution < -0.4 is 0 Å². The first kappa shape index (κ1) is 15.3. The third kappa shape index (κ3) is 3.52. The molecule has 1 aromatic carbocycles. The predicted molar refractivity (Wildman–Crippen MR) is 76.7 cm³/mol. The highest BCUT2D eigenvalue weighted by molar-refractivity contribution is 5.79. The van der Waals surface area contributed by atoms with E-state index in [1.165, 1.54) is 11.0 Å². The van der Waals surface area contributed by atoms with Gasteiger partial charge in [-0.3, -0.25) is 9.69 Å². The molecule has 0 bridgehead atoms. The Bertz CT molecular complexity index is 673. The molecule has 0 fully saturated rings. The number of carbonyl (C=O) groups excluding carboxylic acids is 1. The zero-order valence-electron chi connectivity index (χ0n) is 12.2. The number of pyridine rings is 1. The fourth-order valence-corrected chi connectivity index (χ4v) is 1.96. The van der Waals surface area contributed by atoms with Crippen LogP contribution in [0.1, 0.15) is 5.69 Å².